The second kappa shape index (κ2) is 8.61. The summed E-state index contributed by atoms with van der Waals surface area (Å²) in [6.07, 6.45) is 1.85. The zero-order valence-electron chi connectivity index (χ0n) is 15.6. The van der Waals surface area contributed by atoms with Gasteiger partial charge in [-0.05, 0) is 41.7 Å². The van der Waals surface area contributed by atoms with E-state index in [0.717, 1.165) is 29.0 Å². The highest BCUT2D eigenvalue weighted by Crippen LogP contribution is 2.32. The number of hydrogen-bond donors (Lipinski definition) is 1. The Balaban J connectivity index is 1.40. The Morgan fingerprint density at radius 1 is 0.857 bits per heavy atom. The predicted octanol–water partition coefficient (Wildman–Crippen LogP) is 4.45. The molecule has 1 amide bonds. The van der Waals surface area contributed by atoms with E-state index in [1.165, 1.54) is 5.56 Å². The first-order chi connectivity index (χ1) is 13.8. The van der Waals surface area contributed by atoms with Gasteiger partial charge in [0.2, 0.25) is 12.7 Å². The smallest absolute Gasteiger partial charge is 0.231 e. The quantitative estimate of drug-likeness (QED) is 0.666. The molecule has 0 fully saturated rings. The summed E-state index contributed by atoms with van der Waals surface area (Å²) in [6, 6.07) is 26.2. The third-order valence-corrected chi connectivity index (χ3v) is 4.90. The highest BCUT2D eigenvalue weighted by Gasteiger charge is 2.17. The molecule has 0 saturated carbocycles. The molecule has 1 heterocycles. The van der Waals surface area contributed by atoms with Crippen LogP contribution in [-0.4, -0.2) is 12.7 Å². The van der Waals surface area contributed by atoms with Gasteiger partial charge in [0.25, 0.3) is 0 Å². The van der Waals surface area contributed by atoms with Crippen LogP contribution < -0.4 is 14.8 Å². The number of ether oxygens (including phenoxy) is 2. The summed E-state index contributed by atoms with van der Waals surface area (Å²) in [5.41, 5.74) is 3.38. The Labute approximate surface area is 165 Å². The zero-order valence-corrected chi connectivity index (χ0v) is 15.6. The van der Waals surface area contributed by atoms with Crippen molar-refractivity contribution in [1.82, 2.24) is 5.32 Å². The second-order valence-corrected chi connectivity index (χ2v) is 6.91. The maximum Gasteiger partial charge on any atom is 0.231 e. The van der Waals surface area contributed by atoms with Crippen LogP contribution in [0.1, 0.15) is 29.2 Å². The van der Waals surface area contributed by atoms with Crippen LogP contribution in [0.3, 0.4) is 0 Å². The summed E-state index contributed by atoms with van der Waals surface area (Å²) in [4.78, 5) is 12.7. The Bertz CT molecular complexity index is 925. The molecule has 0 bridgehead atoms. The van der Waals surface area contributed by atoms with E-state index in [2.05, 4.69) is 29.6 Å². The van der Waals surface area contributed by atoms with E-state index < -0.39 is 0 Å². The number of fused-ring (bicyclic) bond motifs is 1. The summed E-state index contributed by atoms with van der Waals surface area (Å²) < 4.78 is 10.7. The van der Waals surface area contributed by atoms with Crippen LogP contribution in [0.4, 0.5) is 0 Å². The molecule has 0 unspecified atom stereocenters. The molecule has 28 heavy (non-hydrogen) atoms. The monoisotopic (exact) mass is 373 g/mol. The molecule has 0 radical (unpaired) electrons. The van der Waals surface area contributed by atoms with Gasteiger partial charge in [0.15, 0.2) is 11.5 Å². The second-order valence-electron chi connectivity index (χ2n) is 6.91. The number of carbonyl (C=O) groups is 1. The summed E-state index contributed by atoms with van der Waals surface area (Å²) in [6.45, 7) is 0.261. The lowest BCUT2D eigenvalue weighted by Gasteiger charge is -2.19. The number of rotatable bonds is 7. The van der Waals surface area contributed by atoms with Gasteiger partial charge in [-0.2, -0.15) is 0 Å². The fraction of sp³-hybridized carbons (Fsp3) is 0.208. The molecule has 142 valence electrons. The van der Waals surface area contributed by atoms with Gasteiger partial charge in [0, 0.05) is 6.42 Å². The topological polar surface area (TPSA) is 47.6 Å². The Morgan fingerprint density at radius 2 is 1.57 bits per heavy atom. The molecule has 3 aromatic rings. The van der Waals surface area contributed by atoms with Crippen LogP contribution in [0.5, 0.6) is 11.5 Å². The first-order valence-electron chi connectivity index (χ1n) is 9.55. The molecule has 0 aromatic heterocycles. The van der Waals surface area contributed by atoms with Crippen molar-refractivity contribution in [2.45, 2.75) is 25.3 Å². The molecule has 1 N–H and O–H groups in total. The van der Waals surface area contributed by atoms with Crippen molar-refractivity contribution in [2.24, 2.45) is 0 Å². The lowest BCUT2D eigenvalue weighted by Crippen LogP contribution is -2.30. The van der Waals surface area contributed by atoms with E-state index in [9.17, 15) is 4.79 Å². The van der Waals surface area contributed by atoms with Crippen molar-refractivity contribution in [3.05, 3.63) is 95.6 Å². The van der Waals surface area contributed by atoms with E-state index in [4.69, 9.17) is 9.47 Å². The third-order valence-electron chi connectivity index (χ3n) is 4.90. The average molecular weight is 373 g/mol. The largest absolute Gasteiger partial charge is 0.454 e. The average Bonchev–Trinajstić information content (AvgIpc) is 3.21. The first kappa shape index (κ1) is 18.1. The maximum atomic E-state index is 12.7. The predicted molar refractivity (Wildman–Crippen MR) is 108 cm³/mol. The van der Waals surface area contributed by atoms with Gasteiger partial charge in [-0.25, -0.2) is 0 Å². The number of amides is 1. The van der Waals surface area contributed by atoms with Crippen LogP contribution in [0.15, 0.2) is 78.9 Å². The molecule has 0 saturated heterocycles. The fourth-order valence-electron chi connectivity index (χ4n) is 3.41. The summed E-state index contributed by atoms with van der Waals surface area (Å²) >= 11 is 0. The SMILES string of the molecule is O=C(CCc1ccc2c(c1)OCO2)N[C@H](Cc1ccccc1)c1ccccc1. The third kappa shape index (κ3) is 4.52. The van der Waals surface area contributed by atoms with E-state index in [1.807, 2.05) is 54.6 Å². The van der Waals surface area contributed by atoms with Gasteiger partial charge in [-0.1, -0.05) is 66.7 Å². The molecule has 3 aromatic carbocycles. The molecule has 1 aliphatic rings. The van der Waals surface area contributed by atoms with Gasteiger partial charge >= 0.3 is 0 Å². The molecule has 4 heteroatoms. The van der Waals surface area contributed by atoms with Crippen LogP contribution in [0.2, 0.25) is 0 Å². The Kier molecular flexibility index (Phi) is 5.57. The van der Waals surface area contributed by atoms with Crippen molar-refractivity contribution in [1.29, 1.82) is 0 Å². The minimum absolute atomic E-state index is 0.0439. The molecule has 4 rings (SSSR count). The van der Waals surface area contributed by atoms with Gasteiger partial charge in [0.05, 0.1) is 6.04 Å². The lowest BCUT2D eigenvalue weighted by molar-refractivity contribution is -0.121. The van der Waals surface area contributed by atoms with E-state index in [0.29, 0.717) is 12.8 Å². The number of hydrogen-bond acceptors (Lipinski definition) is 3. The van der Waals surface area contributed by atoms with Gasteiger partial charge < -0.3 is 14.8 Å². The molecule has 4 nitrogen and oxygen atoms in total. The molecule has 0 spiro atoms. The van der Waals surface area contributed by atoms with Crippen molar-refractivity contribution in [3.63, 3.8) is 0 Å². The number of carbonyl (C=O) groups excluding carboxylic acids is 1. The number of benzene rings is 3. The van der Waals surface area contributed by atoms with Gasteiger partial charge in [0.1, 0.15) is 0 Å². The van der Waals surface area contributed by atoms with Crippen LogP contribution in [-0.2, 0) is 17.6 Å². The number of nitrogens with one attached hydrogen (secondary N) is 1. The maximum absolute atomic E-state index is 12.7. The van der Waals surface area contributed by atoms with Crippen LogP contribution >= 0.6 is 0 Å². The zero-order chi connectivity index (χ0) is 19.2. The van der Waals surface area contributed by atoms with Crippen molar-refractivity contribution < 1.29 is 14.3 Å². The van der Waals surface area contributed by atoms with Gasteiger partial charge in [-0.15, -0.1) is 0 Å². The van der Waals surface area contributed by atoms with E-state index in [-0.39, 0.29) is 18.7 Å². The normalized spacial score (nSPS) is 13.1. The molecule has 1 aliphatic heterocycles. The highest BCUT2D eigenvalue weighted by atomic mass is 16.7. The summed E-state index contributed by atoms with van der Waals surface area (Å²) in [7, 11) is 0. The van der Waals surface area contributed by atoms with E-state index in [1.54, 1.807) is 0 Å². The molecule has 0 aliphatic carbocycles. The molecular formula is C24H23NO3. The minimum atomic E-state index is -0.0483. The van der Waals surface area contributed by atoms with Crippen LogP contribution in [0.25, 0.3) is 0 Å². The molecular weight excluding hydrogens is 350 g/mol. The van der Waals surface area contributed by atoms with Crippen LogP contribution in [0, 0.1) is 0 Å². The summed E-state index contributed by atoms with van der Waals surface area (Å²) in [5.74, 6) is 1.56. The first-order valence-corrected chi connectivity index (χ1v) is 9.55. The van der Waals surface area contributed by atoms with Crippen molar-refractivity contribution >= 4 is 5.91 Å². The van der Waals surface area contributed by atoms with Crippen molar-refractivity contribution in [3.8, 4) is 11.5 Å². The highest BCUT2D eigenvalue weighted by molar-refractivity contribution is 5.76. The van der Waals surface area contributed by atoms with E-state index >= 15 is 0 Å². The molecule has 1 atom stereocenters. The van der Waals surface area contributed by atoms with Crippen molar-refractivity contribution in [2.75, 3.05) is 6.79 Å². The number of aryl methyl sites for hydroxylation is 1. The minimum Gasteiger partial charge on any atom is -0.454 e. The lowest BCUT2D eigenvalue weighted by atomic mass is 9.98. The van der Waals surface area contributed by atoms with Gasteiger partial charge in [-0.3, -0.25) is 4.79 Å². The summed E-state index contributed by atoms with van der Waals surface area (Å²) in [5, 5.41) is 3.21. The Morgan fingerprint density at radius 3 is 2.36 bits per heavy atom. The fourth-order valence-corrected chi connectivity index (χ4v) is 3.41. The standard InChI is InChI=1S/C24H23NO3/c26-24(14-12-19-11-13-22-23(16-19)28-17-27-22)25-21(20-9-5-2-6-10-20)15-18-7-3-1-4-8-18/h1-11,13,16,21H,12,14-15,17H2,(H,25,26)/t21-/m1/s1. The Hall–Kier alpha value is -3.27.